The van der Waals surface area contributed by atoms with Crippen molar-refractivity contribution in [3.63, 3.8) is 0 Å². The van der Waals surface area contributed by atoms with Gasteiger partial charge in [-0.1, -0.05) is 146 Å². The lowest BCUT2D eigenvalue weighted by Gasteiger charge is -2.26. The quantitative estimate of drug-likeness (QED) is 0.167. The van der Waals surface area contributed by atoms with Gasteiger partial charge in [-0.3, -0.25) is 0 Å². The Balaban J connectivity index is 1.04. The number of fused-ring (bicyclic) bond motifs is 9. The predicted molar refractivity (Wildman–Crippen MR) is 227 cm³/mol. The summed E-state index contributed by atoms with van der Waals surface area (Å²) in [6, 6.07) is 64.3. The number of anilines is 3. The number of rotatable bonds is 5. The number of hydrogen-bond donors (Lipinski definition) is 0. The van der Waals surface area contributed by atoms with Crippen molar-refractivity contribution in [2.24, 2.45) is 0 Å². The number of nitrogens with zero attached hydrogens (tertiary/aromatic N) is 1. The van der Waals surface area contributed by atoms with Gasteiger partial charge in [0.1, 0.15) is 11.5 Å². The molecule has 0 amide bonds. The lowest BCUT2D eigenvalue weighted by atomic mass is 9.90. The molecule has 1 heterocycles. The van der Waals surface area contributed by atoms with Crippen LogP contribution in [0.25, 0.3) is 65.3 Å². The molecule has 2 nitrogen and oxygen atoms in total. The minimum absolute atomic E-state index is 0.292. The first-order valence-corrected chi connectivity index (χ1v) is 18.8. The third-order valence-electron chi connectivity index (χ3n) is 11.4. The summed E-state index contributed by atoms with van der Waals surface area (Å²) < 4.78 is 6.46. The molecule has 2 aliphatic rings. The van der Waals surface area contributed by atoms with Gasteiger partial charge in [-0.2, -0.15) is 0 Å². The van der Waals surface area contributed by atoms with Crippen LogP contribution in [0, 0.1) is 0 Å². The monoisotopic (exact) mass is 689 g/mol. The van der Waals surface area contributed by atoms with Crippen LogP contribution < -0.4 is 9.64 Å². The molecule has 0 bridgehead atoms. The van der Waals surface area contributed by atoms with Crippen molar-refractivity contribution in [3.8, 4) is 28.0 Å². The van der Waals surface area contributed by atoms with Gasteiger partial charge < -0.3 is 9.64 Å². The molecule has 9 aromatic rings. The summed E-state index contributed by atoms with van der Waals surface area (Å²) in [5.41, 5.74) is 9.36. The van der Waals surface area contributed by atoms with Gasteiger partial charge in [0.2, 0.25) is 0 Å². The van der Waals surface area contributed by atoms with E-state index in [4.69, 9.17) is 4.74 Å². The molecule has 0 spiro atoms. The molecular formula is C52H35NO. The fourth-order valence-electron chi connectivity index (χ4n) is 8.77. The van der Waals surface area contributed by atoms with E-state index >= 15 is 0 Å². The highest BCUT2D eigenvalue weighted by molar-refractivity contribution is 6.24. The molecule has 0 saturated heterocycles. The molecular weight excluding hydrogens is 655 g/mol. The molecule has 2 heteroatoms. The molecule has 54 heavy (non-hydrogen) atoms. The maximum atomic E-state index is 6.46. The highest BCUT2D eigenvalue weighted by Gasteiger charge is 2.30. The van der Waals surface area contributed by atoms with Crippen LogP contribution in [-0.4, -0.2) is 0 Å². The number of benzene rings is 9. The average Bonchev–Trinajstić information content (AvgIpc) is 3.62. The smallest absolute Gasteiger partial charge is 0.132 e. The van der Waals surface area contributed by atoms with E-state index in [1.165, 1.54) is 70.9 Å². The first-order valence-electron chi connectivity index (χ1n) is 18.8. The number of hydrogen-bond acceptors (Lipinski definition) is 2. The Labute approximate surface area is 314 Å². The van der Waals surface area contributed by atoms with Crippen LogP contribution in [0.3, 0.4) is 0 Å². The highest BCUT2D eigenvalue weighted by atomic mass is 16.5. The second-order valence-corrected chi connectivity index (χ2v) is 14.4. The van der Waals surface area contributed by atoms with Crippen LogP contribution in [-0.2, 0) is 0 Å². The van der Waals surface area contributed by atoms with Gasteiger partial charge >= 0.3 is 0 Å². The Morgan fingerprint density at radius 3 is 1.83 bits per heavy atom. The minimum atomic E-state index is 0.292. The van der Waals surface area contributed by atoms with Crippen LogP contribution >= 0.6 is 0 Å². The van der Waals surface area contributed by atoms with Crippen LogP contribution in [0.5, 0.6) is 5.75 Å². The van der Waals surface area contributed by atoms with Crippen molar-refractivity contribution in [1.82, 2.24) is 0 Å². The zero-order valence-electron chi connectivity index (χ0n) is 29.6. The Hall–Kier alpha value is -6.90. The lowest BCUT2D eigenvalue weighted by Crippen LogP contribution is -2.10. The lowest BCUT2D eigenvalue weighted by molar-refractivity contribution is 0.425. The largest absolute Gasteiger partial charge is 0.461 e. The minimum Gasteiger partial charge on any atom is -0.461 e. The van der Waals surface area contributed by atoms with E-state index < -0.39 is 0 Å². The van der Waals surface area contributed by atoms with E-state index in [0.717, 1.165) is 35.0 Å². The molecule has 1 atom stereocenters. The van der Waals surface area contributed by atoms with Crippen molar-refractivity contribution in [1.29, 1.82) is 0 Å². The molecule has 0 aromatic heterocycles. The molecule has 9 aromatic carbocycles. The van der Waals surface area contributed by atoms with Gasteiger partial charge in [-0.25, -0.2) is 0 Å². The summed E-state index contributed by atoms with van der Waals surface area (Å²) >= 11 is 0. The first-order chi connectivity index (χ1) is 26.8. The van der Waals surface area contributed by atoms with Gasteiger partial charge in [0.15, 0.2) is 0 Å². The maximum Gasteiger partial charge on any atom is 0.132 e. The standard InChI is InChI=1S/C52H35NO/c1-4-14-42-34(10-1)13-9-18-43(42)36-20-25-39(26-21-36)53(41-29-31-47-46-17-7-8-19-50(46)54-51(47)33-41)40-27-22-37(23-28-40)49-32-38-12-3-6-16-45(38)52-44-15-5-2-11-35(44)24-30-48(49)52/h1-16,18-33,46H,17H2. The van der Waals surface area contributed by atoms with Gasteiger partial charge in [-0.15, -0.1) is 0 Å². The highest BCUT2D eigenvalue weighted by Crippen LogP contribution is 2.48. The molecule has 254 valence electrons. The van der Waals surface area contributed by atoms with Crippen LogP contribution in [0.4, 0.5) is 17.1 Å². The summed E-state index contributed by atoms with van der Waals surface area (Å²) in [6.07, 6.45) is 7.41. The molecule has 0 fully saturated rings. The van der Waals surface area contributed by atoms with Crippen LogP contribution in [0.15, 0.2) is 200 Å². The number of allylic oxidation sites excluding steroid dienone is 4. The van der Waals surface area contributed by atoms with E-state index in [2.05, 4.69) is 199 Å². The normalized spacial score (nSPS) is 14.6. The van der Waals surface area contributed by atoms with E-state index in [-0.39, 0.29) is 0 Å². The van der Waals surface area contributed by atoms with Crippen molar-refractivity contribution >= 4 is 60.2 Å². The Kier molecular flexibility index (Phi) is 7.03. The van der Waals surface area contributed by atoms with Crippen molar-refractivity contribution in [3.05, 3.63) is 205 Å². The molecule has 1 unspecified atom stereocenters. The maximum absolute atomic E-state index is 6.46. The van der Waals surface area contributed by atoms with Gasteiger partial charge in [0.05, 0.1) is 0 Å². The van der Waals surface area contributed by atoms with Gasteiger partial charge in [-0.05, 0) is 114 Å². The zero-order chi connectivity index (χ0) is 35.6. The van der Waals surface area contributed by atoms with Crippen LogP contribution in [0.2, 0.25) is 0 Å². The Morgan fingerprint density at radius 1 is 0.463 bits per heavy atom. The van der Waals surface area contributed by atoms with E-state index in [0.29, 0.717) is 5.92 Å². The third-order valence-corrected chi connectivity index (χ3v) is 11.4. The summed E-state index contributed by atoms with van der Waals surface area (Å²) in [6.45, 7) is 0. The average molecular weight is 690 g/mol. The van der Waals surface area contributed by atoms with Gasteiger partial charge in [0, 0.05) is 34.6 Å². The molecule has 0 radical (unpaired) electrons. The molecule has 11 rings (SSSR count). The Morgan fingerprint density at radius 2 is 1.07 bits per heavy atom. The van der Waals surface area contributed by atoms with E-state index in [9.17, 15) is 0 Å². The van der Waals surface area contributed by atoms with Gasteiger partial charge in [0.25, 0.3) is 0 Å². The first kappa shape index (κ1) is 30.7. The predicted octanol–water partition coefficient (Wildman–Crippen LogP) is 14.4. The fourth-order valence-corrected chi connectivity index (χ4v) is 8.77. The molecule has 1 aliphatic heterocycles. The summed E-state index contributed by atoms with van der Waals surface area (Å²) in [5.74, 6) is 2.27. The zero-order valence-corrected chi connectivity index (χ0v) is 29.6. The Bertz CT molecular complexity index is 2970. The second kappa shape index (κ2) is 12.4. The SMILES string of the molecule is C1=CCC2C(=C1)Oc1cc(N(c3ccc(-c4cccc5ccccc45)cc3)c3ccc(-c4cc5ccccc5c5c4ccc4ccccc45)cc3)ccc12. The van der Waals surface area contributed by atoms with Crippen molar-refractivity contribution in [2.45, 2.75) is 12.3 Å². The fraction of sp³-hybridized carbons (Fsp3) is 0.0385. The van der Waals surface area contributed by atoms with Crippen molar-refractivity contribution in [2.75, 3.05) is 4.90 Å². The molecule has 0 saturated carbocycles. The second-order valence-electron chi connectivity index (χ2n) is 14.4. The van der Waals surface area contributed by atoms with E-state index in [1.807, 2.05) is 0 Å². The molecule has 0 N–H and O–H groups in total. The summed E-state index contributed by atoms with van der Waals surface area (Å²) in [4.78, 5) is 2.35. The summed E-state index contributed by atoms with van der Waals surface area (Å²) in [7, 11) is 0. The summed E-state index contributed by atoms with van der Waals surface area (Å²) in [5, 5.41) is 10.2. The topological polar surface area (TPSA) is 12.5 Å². The third kappa shape index (κ3) is 4.95. The van der Waals surface area contributed by atoms with Crippen LogP contribution in [0.1, 0.15) is 17.9 Å². The van der Waals surface area contributed by atoms with E-state index in [1.54, 1.807) is 0 Å². The number of ether oxygens (including phenoxy) is 1. The van der Waals surface area contributed by atoms with Crippen molar-refractivity contribution < 1.29 is 4.74 Å². The molecule has 1 aliphatic carbocycles.